The zero-order valence-electron chi connectivity index (χ0n) is 30.6. The summed E-state index contributed by atoms with van der Waals surface area (Å²) < 4.78 is 38.1. The maximum absolute atomic E-state index is 15.4. The number of esters is 2. The van der Waals surface area contributed by atoms with Crippen LogP contribution in [-0.2, 0) is 37.7 Å². The van der Waals surface area contributed by atoms with Crippen molar-refractivity contribution in [1.29, 1.82) is 0 Å². The van der Waals surface area contributed by atoms with E-state index < -0.39 is 78.7 Å². The number of ether oxygens (including phenoxy) is 5. The summed E-state index contributed by atoms with van der Waals surface area (Å²) in [5.74, 6) is -2.63. The fraction of sp³-hybridized carbons (Fsp3) is 0.703. The molecule has 1 aromatic carbocycles. The lowest BCUT2D eigenvalue weighted by Gasteiger charge is -2.68. The first kappa shape index (κ1) is 36.9. The third-order valence-electron chi connectivity index (χ3n) is 12.6. The molecule has 2 bridgehead atoms. The third-order valence-corrected chi connectivity index (χ3v) is 17.1. The Kier molecular flexibility index (Phi) is 9.31. The lowest BCUT2D eigenvalue weighted by Crippen LogP contribution is -2.82. The van der Waals surface area contributed by atoms with E-state index in [2.05, 4.69) is 33.9 Å². The van der Waals surface area contributed by atoms with Crippen molar-refractivity contribution in [3.05, 3.63) is 47.0 Å². The summed E-state index contributed by atoms with van der Waals surface area (Å²) in [6, 6.07) is 8.54. The van der Waals surface area contributed by atoms with Crippen LogP contribution in [0, 0.1) is 16.7 Å². The number of Topliss-reactive ketones (excluding diaryl/α,β-unsaturated/α-hetero) is 1. The number of rotatable bonds is 7. The van der Waals surface area contributed by atoms with Crippen LogP contribution in [0.25, 0.3) is 0 Å². The molecule has 0 spiro atoms. The molecule has 9 atom stereocenters. The van der Waals surface area contributed by atoms with Crippen LogP contribution in [0.2, 0.25) is 18.1 Å². The highest BCUT2D eigenvalue weighted by Gasteiger charge is 2.78. The summed E-state index contributed by atoms with van der Waals surface area (Å²) in [6.45, 7) is 19.4. The molecule has 1 unspecified atom stereocenters. The van der Waals surface area contributed by atoms with Gasteiger partial charge in [0.05, 0.1) is 35.7 Å². The highest BCUT2D eigenvalue weighted by atomic mass is 28.4. The van der Waals surface area contributed by atoms with Gasteiger partial charge in [0, 0.05) is 39.4 Å². The molecule has 1 heterocycles. The number of methoxy groups -OCH3 is 2. The second-order valence-corrected chi connectivity index (χ2v) is 21.2. The molecule has 0 amide bonds. The molecule has 0 radical (unpaired) electrons. The normalized spacial score (nSPS) is 37.7. The Hall–Kier alpha value is -2.41. The van der Waals surface area contributed by atoms with Gasteiger partial charge < -0.3 is 33.2 Å². The summed E-state index contributed by atoms with van der Waals surface area (Å²) in [6.07, 6.45) is -4.19. The van der Waals surface area contributed by atoms with Crippen LogP contribution in [0.5, 0.6) is 0 Å². The molecule has 1 aliphatic heterocycles. The SMILES string of the molecule is CO[C@H]1C(=O)[C@@]2(C)C([C@H](OC(=O)c3ccccc3)[C@]3(O)C[C@H](O[Si](C)(C)C(C)(C)C)C(C)=C1C3(C)C)[C@]1(OC(C)=O)CO[C@@H]1C[C@@H]2OC. The van der Waals surface area contributed by atoms with Gasteiger partial charge in [-0.2, -0.15) is 0 Å². The van der Waals surface area contributed by atoms with Crippen LogP contribution >= 0.6 is 0 Å². The fourth-order valence-corrected chi connectivity index (χ4v) is 10.1. The standard InChI is InChI=1S/C37H54O10Si/c1-21-24(47-48(11,12)33(3,4)5)19-37(41)31(45-32(40)23-16-14-13-15-17-23)29-35(8,30(39)28(43-10)27(21)34(37,6)7)25(42-9)18-26-36(29,20-44-26)46-22(2)38/h13-17,24-26,28-29,31,41H,18-20H2,1-12H3/t24-,25-,26+,28+,29?,31-,35+,36-,37+/m0/s1. The van der Waals surface area contributed by atoms with Gasteiger partial charge in [-0.05, 0) is 55.3 Å². The number of hydrogen-bond donors (Lipinski definition) is 1. The Balaban J connectivity index is 1.85. The van der Waals surface area contributed by atoms with E-state index in [1.165, 1.54) is 21.1 Å². The third kappa shape index (κ3) is 5.26. The summed E-state index contributed by atoms with van der Waals surface area (Å²) in [5.41, 5.74) is -4.20. The van der Waals surface area contributed by atoms with Gasteiger partial charge in [0.1, 0.15) is 23.9 Å². The van der Waals surface area contributed by atoms with Crippen LogP contribution in [0.3, 0.4) is 0 Å². The average molecular weight is 687 g/mol. The first-order valence-corrected chi connectivity index (χ1v) is 19.8. The highest BCUT2D eigenvalue weighted by molar-refractivity contribution is 6.74. The van der Waals surface area contributed by atoms with Crippen molar-refractivity contribution in [3.63, 3.8) is 0 Å². The smallest absolute Gasteiger partial charge is 0.338 e. The van der Waals surface area contributed by atoms with Crippen molar-refractivity contribution in [2.24, 2.45) is 16.7 Å². The van der Waals surface area contributed by atoms with Crippen molar-refractivity contribution in [2.75, 3.05) is 20.8 Å². The molecule has 0 aromatic heterocycles. The summed E-state index contributed by atoms with van der Waals surface area (Å²) in [4.78, 5) is 42.4. The first-order valence-electron chi connectivity index (χ1n) is 16.9. The van der Waals surface area contributed by atoms with E-state index in [1.54, 1.807) is 37.3 Å². The number of carbonyl (C=O) groups excluding carboxylic acids is 3. The van der Waals surface area contributed by atoms with Gasteiger partial charge in [-0.25, -0.2) is 4.79 Å². The van der Waals surface area contributed by atoms with Crippen LogP contribution in [0.1, 0.15) is 78.6 Å². The minimum Gasteiger partial charge on any atom is -0.455 e. The largest absolute Gasteiger partial charge is 0.455 e. The van der Waals surface area contributed by atoms with Gasteiger partial charge in [0.2, 0.25) is 0 Å². The Morgan fingerprint density at radius 3 is 2.17 bits per heavy atom. The van der Waals surface area contributed by atoms with Gasteiger partial charge >= 0.3 is 11.9 Å². The molecule has 48 heavy (non-hydrogen) atoms. The number of benzene rings is 1. The zero-order valence-corrected chi connectivity index (χ0v) is 31.6. The minimum absolute atomic E-state index is 0.0413. The van der Waals surface area contributed by atoms with Gasteiger partial charge in [-0.1, -0.05) is 52.8 Å². The van der Waals surface area contributed by atoms with E-state index in [9.17, 15) is 14.7 Å². The topological polar surface area (TPSA) is 127 Å². The van der Waals surface area contributed by atoms with Gasteiger partial charge in [0.25, 0.3) is 0 Å². The van der Waals surface area contributed by atoms with Gasteiger partial charge in [-0.15, -0.1) is 0 Å². The molecule has 10 nitrogen and oxygen atoms in total. The van der Waals surface area contributed by atoms with E-state index in [1.807, 2.05) is 20.8 Å². The molecule has 11 heteroatoms. The summed E-state index contributed by atoms with van der Waals surface area (Å²) in [7, 11) is 0.565. The molecular formula is C37H54O10Si. The Labute approximate surface area is 285 Å². The average Bonchev–Trinajstić information content (AvgIpc) is 2.99. The Morgan fingerprint density at radius 2 is 1.67 bits per heavy atom. The van der Waals surface area contributed by atoms with E-state index in [-0.39, 0.29) is 35.8 Å². The van der Waals surface area contributed by atoms with Crippen molar-refractivity contribution in [2.45, 2.75) is 128 Å². The van der Waals surface area contributed by atoms with Crippen molar-refractivity contribution in [3.8, 4) is 0 Å². The molecule has 3 fully saturated rings. The summed E-state index contributed by atoms with van der Waals surface area (Å²) >= 11 is 0. The maximum atomic E-state index is 15.4. The molecular weight excluding hydrogens is 632 g/mol. The molecule has 4 aliphatic rings. The second kappa shape index (κ2) is 12.1. The number of aliphatic hydroxyl groups is 1. The van der Waals surface area contributed by atoms with Crippen molar-refractivity contribution >= 4 is 26.0 Å². The molecule has 1 saturated heterocycles. The predicted octanol–water partition coefficient (Wildman–Crippen LogP) is 5.42. The number of fused-ring (bicyclic) bond motifs is 5. The lowest BCUT2D eigenvalue weighted by atomic mass is 9.44. The van der Waals surface area contributed by atoms with E-state index in [4.69, 9.17) is 28.1 Å². The van der Waals surface area contributed by atoms with Crippen LogP contribution < -0.4 is 0 Å². The monoisotopic (exact) mass is 686 g/mol. The van der Waals surface area contributed by atoms with E-state index >= 15 is 4.79 Å². The molecule has 266 valence electrons. The van der Waals surface area contributed by atoms with Gasteiger partial charge in [-0.3, -0.25) is 9.59 Å². The van der Waals surface area contributed by atoms with Crippen molar-refractivity contribution < 1.29 is 47.6 Å². The molecule has 1 aromatic rings. The molecule has 2 saturated carbocycles. The Morgan fingerprint density at radius 1 is 1.04 bits per heavy atom. The molecule has 3 aliphatic carbocycles. The quantitative estimate of drug-likeness (QED) is 0.226. The first-order chi connectivity index (χ1) is 22.1. The zero-order chi connectivity index (χ0) is 35.8. The Bertz CT molecular complexity index is 1480. The fourth-order valence-electron chi connectivity index (χ4n) is 8.82. The number of ketones is 1. The number of carbonyl (C=O) groups is 3. The van der Waals surface area contributed by atoms with Gasteiger partial charge in [0.15, 0.2) is 19.7 Å². The highest BCUT2D eigenvalue weighted by Crippen LogP contribution is 2.65. The number of hydrogen-bond acceptors (Lipinski definition) is 10. The molecule has 1 N–H and O–H groups in total. The van der Waals surface area contributed by atoms with Crippen LogP contribution in [0.4, 0.5) is 0 Å². The van der Waals surface area contributed by atoms with Crippen LogP contribution in [0.15, 0.2) is 41.5 Å². The second-order valence-electron chi connectivity index (χ2n) is 16.5. The lowest BCUT2D eigenvalue weighted by molar-refractivity contribution is -0.347. The predicted molar refractivity (Wildman–Crippen MR) is 181 cm³/mol. The molecule has 5 rings (SSSR count). The summed E-state index contributed by atoms with van der Waals surface area (Å²) in [5, 5.41) is 13.4. The van der Waals surface area contributed by atoms with Crippen molar-refractivity contribution in [1.82, 2.24) is 0 Å². The van der Waals surface area contributed by atoms with E-state index in [0.29, 0.717) is 5.57 Å². The maximum Gasteiger partial charge on any atom is 0.338 e. The van der Waals surface area contributed by atoms with Crippen LogP contribution in [-0.4, -0.2) is 93.7 Å². The van der Waals surface area contributed by atoms with E-state index in [0.717, 1.165) is 5.57 Å². The minimum atomic E-state index is -2.45.